The Balaban J connectivity index is 1.47. The molecule has 2 saturated heterocycles. The molecule has 1 atom stereocenters. The molecule has 0 spiro atoms. The van der Waals surface area contributed by atoms with E-state index in [1.165, 1.54) is 22.5 Å². The number of hydrogen-bond acceptors (Lipinski definition) is 5. The fourth-order valence-electron chi connectivity index (χ4n) is 4.08. The van der Waals surface area contributed by atoms with E-state index in [4.69, 9.17) is 0 Å². The van der Waals surface area contributed by atoms with Crippen molar-refractivity contribution in [3.8, 4) is 0 Å². The Labute approximate surface area is 187 Å². The first-order valence-electron chi connectivity index (χ1n) is 10.6. The standard InChI is InChI=1S/C23H25N3O5S/c1-16-4-3-13-25(15-16)32(30,31)20-9-7-18(8-10-20)24-23(29)17-5-2-6-19(14-17)26-21(27)11-12-22(26)28/h2,5-10,14,16H,3-4,11-13,15H2,1H3,(H,24,29). The summed E-state index contributed by atoms with van der Waals surface area (Å²) in [7, 11) is -3.57. The summed E-state index contributed by atoms with van der Waals surface area (Å²) >= 11 is 0. The van der Waals surface area contributed by atoms with Gasteiger partial charge in [0.25, 0.3) is 5.91 Å². The SMILES string of the molecule is CC1CCCN(S(=O)(=O)c2ccc(NC(=O)c3cccc(N4C(=O)CCC4=O)c3)cc2)C1. The maximum Gasteiger partial charge on any atom is 0.255 e. The number of hydrogen-bond donors (Lipinski definition) is 1. The van der Waals surface area contributed by atoms with E-state index in [0.29, 0.717) is 30.4 Å². The van der Waals surface area contributed by atoms with E-state index in [1.54, 1.807) is 30.3 Å². The molecule has 2 aromatic carbocycles. The number of carbonyl (C=O) groups excluding carboxylic acids is 3. The van der Waals surface area contributed by atoms with E-state index in [0.717, 1.165) is 17.7 Å². The van der Waals surface area contributed by atoms with Gasteiger partial charge in [-0.15, -0.1) is 0 Å². The molecule has 32 heavy (non-hydrogen) atoms. The zero-order valence-electron chi connectivity index (χ0n) is 17.8. The number of piperidine rings is 1. The molecule has 168 valence electrons. The van der Waals surface area contributed by atoms with Crippen LogP contribution in [0.25, 0.3) is 0 Å². The minimum absolute atomic E-state index is 0.168. The van der Waals surface area contributed by atoms with Crippen LogP contribution in [0.15, 0.2) is 53.4 Å². The number of imide groups is 1. The molecule has 8 nitrogen and oxygen atoms in total. The number of nitrogens with zero attached hydrogens (tertiary/aromatic N) is 2. The van der Waals surface area contributed by atoms with Gasteiger partial charge in [0.15, 0.2) is 0 Å². The molecule has 9 heteroatoms. The quantitative estimate of drug-likeness (QED) is 0.698. The van der Waals surface area contributed by atoms with E-state index >= 15 is 0 Å². The van der Waals surface area contributed by atoms with Crippen LogP contribution in [-0.2, 0) is 19.6 Å². The molecule has 3 amide bonds. The highest BCUT2D eigenvalue weighted by molar-refractivity contribution is 7.89. The zero-order chi connectivity index (χ0) is 22.9. The van der Waals surface area contributed by atoms with Crippen molar-refractivity contribution in [3.63, 3.8) is 0 Å². The Morgan fingerprint density at radius 3 is 2.38 bits per heavy atom. The Morgan fingerprint density at radius 1 is 1.03 bits per heavy atom. The number of benzene rings is 2. The van der Waals surface area contributed by atoms with Crippen molar-refractivity contribution in [2.24, 2.45) is 5.92 Å². The summed E-state index contributed by atoms with van der Waals surface area (Å²) in [5, 5.41) is 2.73. The summed E-state index contributed by atoms with van der Waals surface area (Å²) in [6.45, 7) is 3.08. The second-order valence-electron chi connectivity index (χ2n) is 8.26. The maximum absolute atomic E-state index is 12.9. The number of anilines is 2. The van der Waals surface area contributed by atoms with Crippen LogP contribution >= 0.6 is 0 Å². The lowest BCUT2D eigenvalue weighted by atomic mass is 10.0. The molecule has 2 heterocycles. The predicted octanol–water partition coefficient (Wildman–Crippen LogP) is 3.01. The Bertz CT molecular complexity index is 1140. The first-order chi connectivity index (χ1) is 15.3. The molecule has 1 N–H and O–H groups in total. The van der Waals surface area contributed by atoms with Crippen LogP contribution in [0.3, 0.4) is 0 Å². The minimum Gasteiger partial charge on any atom is -0.322 e. The monoisotopic (exact) mass is 455 g/mol. The van der Waals surface area contributed by atoms with Gasteiger partial charge in [-0.1, -0.05) is 13.0 Å². The van der Waals surface area contributed by atoms with Gasteiger partial charge in [0, 0.05) is 37.2 Å². The van der Waals surface area contributed by atoms with Crippen LogP contribution < -0.4 is 10.2 Å². The number of nitrogens with one attached hydrogen (secondary N) is 1. The van der Waals surface area contributed by atoms with Crippen molar-refractivity contribution in [3.05, 3.63) is 54.1 Å². The summed E-state index contributed by atoms with van der Waals surface area (Å²) in [6, 6.07) is 12.4. The van der Waals surface area contributed by atoms with E-state index in [9.17, 15) is 22.8 Å². The first-order valence-corrected chi connectivity index (χ1v) is 12.1. The third-order valence-corrected chi connectivity index (χ3v) is 7.67. The molecule has 4 rings (SSSR count). The lowest BCUT2D eigenvalue weighted by molar-refractivity contribution is -0.121. The smallest absolute Gasteiger partial charge is 0.255 e. The highest BCUT2D eigenvalue weighted by Gasteiger charge is 2.31. The molecule has 2 aliphatic rings. The second kappa shape index (κ2) is 8.84. The number of rotatable bonds is 5. The third-order valence-electron chi connectivity index (χ3n) is 5.79. The summed E-state index contributed by atoms with van der Waals surface area (Å²) in [5.41, 5.74) is 1.09. The van der Waals surface area contributed by atoms with Gasteiger partial charge < -0.3 is 5.32 Å². The predicted molar refractivity (Wildman–Crippen MR) is 120 cm³/mol. The van der Waals surface area contributed by atoms with Gasteiger partial charge in [-0.3, -0.25) is 19.3 Å². The molecule has 2 aliphatic heterocycles. The van der Waals surface area contributed by atoms with Crippen LogP contribution in [0.5, 0.6) is 0 Å². The number of carbonyl (C=O) groups is 3. The van der Waals surface area contributed by atoms with Gasteiger partial charge in [0.2, 0.25) is 21.8 Å². The molecule has 0 aliphatic carbocycles. The molecular weight excluding hydrogens is 430 g/mol. The maximum atomic E-state index is 12.9. The Morgan fingerprint density at radius 2 is 1.72 bits per heavy atom. The van der Waals surface area contributed by atoms with Gasteiger partial charge in [-0.2, -0.15) is 4.31 Å². The summed E-state index contributed by atoms with van der Waals surface area (Å²) in [6.07, 6.45) is 2.21. The van der Waals surface area contributed by atoms with Crippen molar-refractivity contribution in [1.82, 2.24) is 4.31 Å². The lowest BCUT2D eigenvalue weighted by Gasteiger charge is -2.30. The topological polar surface area (TPSA) is 104 Å². The molecule has 0 bridgehead atoms. The van der Waals surface area contributed by atoms with Crippen molar-refractivity contribution in [1.29, 1.82) is 0 Å². The van der Waals surface area contributed by atoms with E-state index in [1.807, 2.05) is 6.92 Å². The number of sulfonamides is 1. The van der Waals surface area contributed by atoms with Gasteiger partial charge in [0.05, 0.1) is 10.6 Å². The molecule has 0 saturated carbocycles. The van der Waals surface area contributed by atoms with Crippen LogP contribution in [0.1, 0.15) is 43.0 Å². The van der Waals surface area contributed by atoms with Gasteiger partial charge >= 0.3 is 0 Å². The summed E-state index contributed by atoms with van der Waals surface area (Å²) in [4.78, 5) is 37.9. The Hall–Kier alpha value is -3.04. The number of amides is 3. The highest BCUT2D eigenvalue weighted by atomic mass is 32.2. The fourth-order valence-corrected chi connectivity index (χ4v) is 5.68. The zero-order valence-corrected chi connectivity index (χ0v) is 18.6. The largest absolute Gasteiger partial charge is 0.322 e. The third kappa shape index (κ3) is 4.44. The van der Waals surface area contributed by atoms with Crippen molar-refractivity contribution >= 4 is 39.1 Å². The minimum atomic E-state index is -3.57. The fraction of sp³-hybridized carbons (Fsp3) is 0.348. The molecular formula is C23H25N3O5S. The molecule has 2 fully saturated rings. The van der Waals surface area contributed by atoms with Crippen LogP contribution in [-0.4, -0.2) is 43.5 Å². The molecule has 0 aromatic heterocycles. The van der Waals surface area contributed by atoms with E-state index in [-0.39, 0.29) is 35.1 Å². The highest BCUT2D eigenvalue weighted by Crippen LogP contribution is 2.26. The molecule has 2 aromatic rings. The van der Waals surface area contributed by atoms with E-state index < -0.39 is 15.9 Å². The summed E-state index contributed by atoms with van der Waals surface area (Å²) < 4.78 is 27.3. The van der Waals surface area contributed by atoms with Gasteiger partial charge in [-0.05, 0) is 61.2 Å². The van der Waals surface area contributed by atoms with Crippen molar-refractivity contribution < 1.29 is 22.8 Å². The molecule has 0 radical (unpaired) electrons. The normalized spacial score (nSPS) is 19.9. The van der Waals surface area contributed by atoms with Crippen LogP contribution in [0.2, 0.25) is 0 Å². The van der Waals surface area contributed by atoms with E-state index in [2.05, 4.69) is 5.32 Å². The van der Waals surface area contributed by atoms with Crippen molar-refractivity contribution in [2.75, 3.05) is 23.3 Å². The lowest BCUT2D eigenvalue weighted by Crippen LogP contribution is -2.39. The van der Waals surface area contributed by atoms with Crippen LogP contribution in [0, 0.1) is 5.92 Å². The van der Waals surface area contributed by atoms with Gasteiger partial charge in [0.1, 0.15) is 0 Å². The van der Waals surface area contributed by atoms with Crippen LogP contribution in [0.4, 0.5) is 11.4 Å². The average Bonchev–Trinajstić information content (AvgIpc) is 3.12. The Kier molecular flexibility index (Phi) is 6.12. The van der Waals surface area contributed by atoms with Gasteiger partial charge in [-0.25, -0.2) is 8.42 Å². The van der Waals surface area contributed by atoms with Crippen molar-refractivity contribution in [2.45, 2.75) is 37.5 Å². The second-order valence-corrected chi connectivity index (χ2v) is 10.2. The average molecular weight is 456 g/mol. The first kappa shape index (κ1) is 22.2. The summed E-state index contributed by atoms with van der Waals surface area (Å²) in [5.74, 6) is -0.662. The molecule has 1 unspecified atom stereocenters.